The molecular weight excluding hydrogens is 475 g/mol. The Morgan fingerprint density at radius 2 is 1.96 bits per heavy atom. The van der Waals surface area contributed by atoms with Crippen LogP contribution in [0.4, 0.5) is 11.6 Å². The van der Waals surface area contributed by atoms with Gasteiger partial charge in [0.15, 0.2) is 5.82 Å². The van der Waals surface area contributed by atoms with Crippen LogP contribution in [0.3, 0.4) is 0 Å². The molecule has 1 amide bonds. The summed E-state index contributed by atoms with van der Waals surface area (Å²) in [6, 6.07) is 7.27. The van der Waals surface area contributed by atoms with Crippen molar-refractivity contribution in [1.29, 1.82) is 0 Å². The second-order valence-electron chi connectivity index (χ2n) is 5.84. The summed E-state index contributed by atoms with van der Waals surface area (Å²) in [4.78, 5) is 22.6. The molecule has 0 spiro atoms. The largest absolute Gasteiger partial charge is 0.404 e. The van der Waals surface area contributed by atoms with Crippen molar-refractivity contribution in [3.05, 3.63) is 66.4 Å². The molecule has 0 radical (unpaired) electrons. The molecule has 146 valence electrons. The van der Waals surface area contributed by atoms with Gasteiger partial charge in [0, 0.05) is 11.2 Å². The SMILES string of the molecule is Cc1c(Br)c([N+](=O)[O-])nn1CC(=O)Nc1nn(Cc2ccc(Cl)cc2)cc1Cl. The summed E-state index contributed by atoms with van der Waals surface area (Å²) in [6.07, 6.45) is 1.59. The minimum Gasteiger partial charge on any atom is -0.358 e. The van der Waals surface area contributed by atoms with Crippen LogP contribution in [0.25, 0.3) is 0 Å². The Morgan fingerprint density at radius 1 is 1.29 bits per heavy atom. The first-order valence-electron chi connectivity index (χ1n) is 7.89. The molecule has 0 bridgehead atoms. The lowest BCUT2D eigenvalue weighted by molar-refractivity contribution is -0.390. The standard InChI is InChI=1S/C16H13BrCl2N6O3/c1-9-14(17)16(25(27)28)22-24(9)8-13(26)20-15-12(19)7-23(21-15)6-10-2-4-11(18)5-3-10/h2-5,7H,6,8H2,1H3,(H,20,21,26). The number of anilines is 1. The third kappa shape index (κ3) is 4.51. The number of nitrogens with one attached hydrogen (secondary N) is 1. The van der Waals surface area contributed by atoms with Gasteiger partial charge in [-0.25, -0.2) is 0 Å². The maximum Gasteiger partial charge on any atom is 0.404 e. The number of hydrogen-bond acceptors (Lipinski definition) is 5. The molecule has 0 atom stereocenters. The van der Waals surface area contributed by atoms with E-state index in [1.165, 1.54) is 4.68 Å². The lowest BCUT2D eigenvalue weighted by atomic mass is 10.2. The van der Waals surface area contributed by atoms with Crippen molar-refractivity contribution in [2.45, 2.75) is 20.0 Å². The highest BCUT2D eigenvalue weighted by atomic mass is 79.9. The Kier molecular flexibility index (Phi) is 6.01. The molecule has 3 aromatic rings. The summed E-state index contributed by atoms with van der Waals surface area (Å²) in [7, 11) is 0. The van der Waals surface area contributed by atoms with Crippen LogP contribution in [-0.4, -0.2) is 30.4 Å². The molecule has 0 aliphatic carbocycles. The van der Waals surface area contributed by atoms with Crippen molar-refractivity contribution < 1.29 is 9.72 Å². The Balaban J connectivity index is 1.69. The number of carbonyl (C=O) groups is 1. The molecule has 2 aromatic heterocycles. The maximum absolute atomic E-state index is 12.3. The van der Waals surface area contributed by atoms with E-state index in [0.29, 0.717) is 17.3 Å². The molecule has 0 saturated heterocycles. The van der Waals surface area contributed by atoms with Gasteiger partial charge in [0.1, 0.15) is 16.0 Å². The minimum atomic E-state index is -0.624. The predicted octanol–water partition coefficient (Wildman–Crippen LogP) is 4.05. The molecule has 0 aliphatic rings. The fourth-order valence-electron chi connectivity index (χ4n) is 2.43. The van der Waals surface area contributed by atoms with Crippen molar-refractivity contribution in [2.75, 3.05) is 5.32 Å². The molecule has 1 aromatic carbocycles. The molecule has 9 nitrogen and oxygen atoms in total. The maximum atomic E-state index is 12.3. The summed E-state index contributed by atoms with van der Waals surface area (Å²) >= 11 is 15.1. The highest BCUT2D eigenvalue weighted by molar-refractivity contribution is 9.10. The molecule has 28 heavy (non-hydrogen) atoms. The summed E-state index contributed by atoms with van der Waals surface area (Å²) < 4.78 is 3.05. The molecule has 12 heteroatoms. The summed E-state index contributed by atoms with van der Waals surface area (Å²) in [5.41, 5.74) is 1.42. The molecule has 2 heterocycles. The summed E-state index contributed by atoms with van der Waals surface area (Å²) in [6.45, 7) is 1.84. The Labute approximate surface area is 177 Å². The Hall–Kier alpha value is -2.43. The number of nitro groups is 1. The van der Waals surface area contributed by atoms with E-state index in [1.807, 2.05) is 12.1 Å². The first-order valence-corrected chi connectivity index (χ1v) is 9.44. The zero-order chi connectivity index (χ0) is 20.4. The fourth-order valence-corrected chi connectivity index (χ4v) is 3.18. The number of hydrogen-bond donors (Lipinski definition) is 1. The lowest BCUT2D eigenvalue weighted by Gasteiger charge is -2.03. The molecule has 3 rings (SSSR count). The second-order valence-corrected chi connectivity index (χ2v) is 7.47. The molecule has 0 saturated carbocycles. The van der Waals surface area contributed by atoms with Crippen LogP contribution in [0, 0.1) is 17.0 Å². The molecule has 0 unspecified atom stereocenters. The van der Waals surface area contributed by atoms with Crippen molar-refractivity contribution >= 4 is 56.7 Å². The second kappa shape index (κ2) is 8.29. The Bertz CT molecular complexity index is 1050. The van der Waals surface area contributed by atoms with Gasteiger partial charge in [-0.15, -0.1) is 0 Å². The van der Waals surface area contributed by atoms with Gasteiger partial charge < -0.3 is 15.4 Å². The lowest BCUT2D eigenvalue weighted by Crippen LogP contribution is -2.21. The number of carbonyl (C=O) groups excluding carboxylic acids is 1. The molecule has 1 N–H and O–H groups in total. The summed E-state index contributed by atoms with van der Waals surface area (Å²) in [5.74, 6) is -0.624. The van der Waals surface area contributed by atoms with E-state index in [1.54, 1.807) is 29.9 Å². The van der Waals surface area contributed by atoms with Gasteiger partial charge in [-0.05, 0) is 45.5 Å². The van der Waals surface area contributed by atoms with Gasteiger partial charge in [-0.3, -0.25) is 9.48 Å². The smallest absolute Gasteiger partial charge is 0.358 e. The van der Waals surface area contributed by atoms with Gasteiger partial charge >= 0.3 is 5.82 Å². The number of amides is 1. The van der Waals surface area contributed by atoms with E-state index in [-0.39, 0.29) is 27.7 Å². The van der Waals surface area contributed by atoms with Gasteiger partial charge in [0.2, 0.25) is 5.91 Å². The van der Waals surface area contributed by atoms with Crippen LogP contribution in [-0.2, 0) is 17.9 Å². The average molecular weight is 488 g/mol. The predicted molar refractivity (Wildman–Crippen MR) is 108 cm³/mol. The van der Waals surface area contributed by atoms with E-state index in [4.69, 9.17) is 23.2 Å². The molecule has 0 aliphatic heterocycles. The van der Waals surface area contributed by atoms with Crippen molar-refractivity contribution in [3.63, 3.8) is 0 Å². The normalized spacial score (nSPS) is 10.9. The highest BCUT2D eigenvalue weighted by Gasteiger charge is 2.25. The zero-order valence-electron chi connectivity index (χ0n) is 14.4. The van der Waals surface area contributed by atoms with E-state index < -0.39 is 10.8 Å². The van der Waals surface area contributed by atoms with Crippen LogP contribution in [0.2, 0.25) is 10.0 Å². The zero-order valence-corrected chi connectivity index (χ0v) is 17.5. The average Bonchev–Trinajstić information content (AvgIpc) is 3.11. The van der Waals surface area contributed by atoms with Crippen LogP contribution in [0.1, 0.15) is 11.3 Å². The Morgan fingerprint density at radius 3 is 2.57 bits per heavy atom. The van der Waals surface area contributed by atoms with Crippen LogP contribution >= 0.6 is 39.1 Å². The van der Waals surface area contributed by atoms with E-state index in [2.05, 4.69) is 31.4 Å². The summed E-state index contributed by atoms with van der Waals surface area (Å²) in [5, 5.41) is 22.5. The van der Waals surface area contributed by atoms with Gasteiger partial charge in [0.05, 0.1) is 17.3 Å². The van der Waals surface area contributed by atoms with E-state index in [9.17, 15) is 14.9 Å². The topological polar surface area (TPSA) is 108 Å². The van der Waals surface area contributed by atoms with Crippen molar-refractivity contribution in [2.24, 2.45) is 0 Å². The number of rotatable bonds is 6. The highest BCUT2D eigenvalue weighted by Crippen LogP contribution is 2.27. The van der Waals surface area contributed by atoms with Crippen molar-refractivity contribution in [1.82, 2.24) is 19.6 Å². The first-order chi connectivity index (χ1) is 13.2. The van der Waals surface area contributed by atoms with Crippen LogP contribution in [0.15, 0.2) is 34.9 Å². The van der Waals surface area contributed by atoms with Gasteiger partial charge in [0.25, 0.3) is 0 Å². The van der Waals surface area contributed by atoms with Crippen LogP contribution < -0.4 is 5.32 Å². The van der Waals surface area contributed by atoms with E-state index in [0.717, 1.165) is 5.56 Å². The van der Waals surface area contributed by atoms with Gasteiger partial charge in [-0.2, -0.15) is 9.78 Å². The number of halogens is 3. The monoisotopic (exact) mass is 486 g/mol. The third-order valence-electron chi connectivity index (χ3n) is 3.82. The van der Waals surface area contributed by atoms with Crippen LogP contribution in [0.5, 0.6) is 0 Å². The number of aromatic nitrogens is 4. The van der Waals surface area contributed by atoms with Gasteiger partial charge in [-0.1, -0.05) is 35.3 Å². The van der Waals surface area contributed by atoms with E-state index >= 15 is 0 Å². The fraction of sp³-hybridized carbons (Fsp3) is 0.188. The quantitative estimate of drug-likeness (QED) is 0.416. The number of nitrogens with zero attached hydrogens (tertiary/aromatic N) is 5. The molecule has 0 fully saturated rings. The third-order valence-corrected chi connectivity index (χ3v) is 5.27. The first kappa shape index (κ1) is 20.3. The number of benzene rings is 1. The van der Waals surface area contributed by atoms with Crippen molar-refractivity contribution in [3.8, 4) is 0 Å². The minimum absolute atomic E-state index is 0.194. The molecular formula is C16H13BrCl2N6O3.